The lowest BCUT2D eigenvalue weighted by molar-refractivity contribution is 0.404. The summed E-state index contributed by atoms with van der Waals surface area (Å²) in [7, 11) is 1.50. The molecular formula is C21H14N4O3S3. The molecule has 0 unspecified atom stereocenters. The summed E-state index contributed by atoms with van der Waals surface area (Å²) in [4.78, 5) is 28.3. The topological polar surface area (TPSA) is 83.0 Å². The van der Waals surface area contributed by atoms with E-state index in [1.54, 1.807) is 24.0 Å². The number of hydrogen-bond donors (Lipinski definition) is 0. The number of nitrogens with zero attached hydrogens (tertiary/aromatic N) is 4. The Kier molecular flexibility index (Phi) is 5.05. The van der Waals surface area contributed by atoms with E-state index in [2.05, 4.69) is 15.0 Å². The second kappa shape index (κ2) is 7.88. The third-order valence-electron chi connectivity index (χ3n) is 4.59. The number of benzene rings is 1. The molecule has 0 radical (unpaired) electrons. The Bertz CT molecular complexity index is 1570. The maximum Gasteiger partial charge on any atom is 0.290 e. The summed E-state index contributed by atoms with van der Waals surface area (Å²) in [5.41, 5.74) is 1.70. The Morgan fingerprint density at radius 2 is 2.06 bits per heavy atom. The smallest absolute Gasteiger partial charge is 0.290 e. The highest BCUT2D eigenvalue weighted by Crippen LogP contribution is 2.34. The van der Waals surface area contributed by atoms with Crippen LogP contribution in [0.25, 0.3) is 26.4 Å². The molecule has 4 heterocycles. The predicted octanol–water partition coefficient (Wildman–Crippen LogP) is 5.18. The summed E-state index contributed by atoms with van der Waals surface area (Å²) in [6, 6.07) is 11.5. The van der Waals surface area contributed by atoms with Crippen molar-refractivity contribution in [2.45, 2.75) is 16.7 Å². The second-order valence-corrected chi connectivity index (χ2v) is 8.99. The molecule has 0 bridgehead atoms. The Labute approximate surface area is 189 Å². The van der Waals surface area contributed by atoms with E-state index in [9.17, 15) is 4.79 Å². The molecular weight excluding hydrogens is 452 g/mol. The summed E-state index contributed by atoms with van der Waals surface area (Å²) >= 11 is 8.35. The molecule has 0 aliphatic carbocycles. The maximum absolute atomic E-state index is 13.1. The van der Waals surface area contributed by atoms with Crippen LogP contribution in [0, 0.1) is 11.8 Å². The zero-order valence-corrected chi connectivity index (χ0v) is 18.8. The van der Waals surface area contributed by atoms with Crippen molar-refractivity contribution in [1.29, 1.82) is 0 Å². The molecule has 0 saturated carbocycles. The van der Waals surface area contributed by atoms with Gasteiger partial charge in [-0.2, -0.15) is 0 Å². The first-order chi connectivity index (χ1) is 15.0. The maximum atomic E-state index is 13.1. The summed E-state index contributed by atoms with van der Waals surface area (Å²) in [5, 5.41) is 0.431. The zero-order chi connectivity index (χ0) is 21.5. The summed E-state index contributed by atoms with van der Waals surface area (Å²) in [5.74, 6) is 0.400. The van der Waals surface area contributed by atoms with Crippen LogP contribution in [-0.4, -0.2) is 26.6 Å². The van der Waals surface area contributed by atoms with E-state index >= 15 is 0 Å². The lowest BCUT2D eigenvalue weighted by Gasteiger charge is -2.05. The van der Waals surface area contributed by atoms with Gasteiger partial charge in [-0.05, 0) is 49.5 Å². The van der Waals surface area contributed by atoms with Gasteiger partial charge in [0.2, 0.25) is 10.7 Å². The van der Waals surface area contributed by atoms with Gasteiger partial charge < -0.3 is 9.15 Å². The number of fused-ring (bicyclic) bond motifs is 2. The molecule has 0 fully saturated rings. The average Bonchev–Trinajstić information content (AvgIpc) is 3.18. The molecule has 0 aliphatic heterocycles. The van der Waals surface area contributed by atoms with Gasteiger partial charge >= 0.3 is 0 Å². The van der Waals surface area contributed by atoms with Crippen molar-refractivity contribution < 1.29 is 9.15 Å². The fourth-order valence-corrected chi connectivity index (χ4v) is 5.39. The van der Waals surface area contributed by atoms with Gasteiger partial charge in [0.1, 0.15) is 0 Å². The molecule has 0 N–H and O–H groups in total. The zero-order valence-electron chi connectivity index (χ0n) is 16.4. The van der Waals surface area contributed by atoms with E-state index in [0.29, 0.717) is 10.9 Å². The van der Waals surface area contributed by atoms with Gasteiger partial charge in [0, 0.05) is 28.3 Å². The number of methoxy groups -OCH3 is 1. The first-order valence-corrected chi connectivity index (χ1v) is 11.2. The fourth-order valence-electron chi connectivity index (χ4n) is 3.09. The van der Waals surface area contributed by atoms with E-state index < -0.39 is 5.56 Å². The highest BCUT2D eigenvalue weighted by molar-refractivity contribution is 7.99. The van der Waals surface area contributed by atoms with Crippen LogP contribution in [0.2, 0.25) is 0 Å². The van der Waals surface area contributed by atoms with E-state index in [-0.39, 0.29) is 15.9 Å². The Morgan fingerprint density at radius 1 is 1.19 bits per heavy atom. The number of hydrogen-bond acceptors (Lipinski definition) is 9. The lowest BCUT2D eigenvalue weighted by atomic mass is 10.3. The van der Waals surface area contributed by atoms with Gasteiger partial charge in [0.05, 0.1) is 23.0 Å². The standard InChI is InChI=1S/C21H14N4O3S3/c1-11-15(4-3-8-22-11)30-12-5-6-13-16(10-12)31-20(24-13)25-19(26)17-18(28-21(25)29)14(27-2)7-9-23-17/h3-10H,1-2H3. The van der Waals surface area contributed by atoms with E-state index in [1.807, 2.05) is 37.3 Å². The minimum absolute atomic E-state index is 0.0107. The van der Waals surface area contributed by atoms with Crippen LogP contribution in [0.3, 0.4) is 0 Å². The molecule has 0 atom stereocenters. The number of aromatic nitrogens is 4. The van der Waals surface area contributed by atoms with Gasteiger partial charge in [0.15, 0.2) is 11.3 Å². The number of aryl methyl sites for hydroxylation is 1. The molecule has 154 valence electrons. The quantitative estimate of drug-likeness (QED) is 0.335. The normalized spacial score (nSPS) is 11.3. The molecule has 0 amide bonds. The average molecular weight is 467 g/mol. The van der Waals surface area contributed by atoms with Crippen molar-refractivity contribution in [2.24, 2.45) is 0 Å². The minimum atomic E-state index is -0.398. The van der Waals surface area contributed by atoms with Crippen molar-refractivity contribution in [2.75, 3.05) is 7.11 Å². The monoisotopic (exact) mass is 466 g/mol. The molecule has 0 spiro atoms. The fraction of sp³-hybridized carbons (Fsp3) is 0.0952. The molecule has 5 rings (SSSR count). The summed E-state index contributed by atoms with van der Waals surface area (Å²) in [6.45, 7) is 1.98. The van der Waals surface area contributed by atoms with Gasteiger partial charge in [-0.25, -0.2) is 14.5 Å². The molecule has 0 aliphatic rings. The Morgan fingerprint density at radius 3 is 2.87 bits per heavy atom. The van der Waals surface area contributed by atoms with Crippen LogP contribution in [-0.2, 0) is 0 Å². The predicted molar refractivity (Wildman–Crippen MR) is 123 cm³/mol. The van der Waals surface area contributed by atoms with Crippen molar-refractivity contribution in [3.8, 4) is 10.9 Å². The summed E-state index contributed by atoms with van der Waals surface area (Å²) < 4.78 is 13.2. The molecule has 4 aromatic heterocycles. The Balaban J connectivity index is 1.61. The van der Waals surface area contributed by atoms with Crippen LogP contribution >= 0.6 is 35.3 Å². The molecule has 31 heavy (non-hydrogen) atoms. The van der Waals surface area contributed by atoms with Gasteiger partial charge in [-0.3, -0.25) is 9.78 Å². The number of thiazole rings is 1. The van der Waals surface area contributed by atoms with Crippen molar-refractivity contribution >= 4 is 56.6 Å². The number of pyridine rings is 2. The molecule has 0 saturated heterocycles. The van der Waals surface area contributed by atoms with Crippen LogP contribution in [0.4, 0.5) is 0 Å². The van der Waals surface area contributed by atoms with Crippen molar-refractivity contribution in [3.05, 3.63) is 69.7 Å². The van der Waals surface area contributed by atoms with Gasteiger partial charge in [-0.15, -0.1) is 0 Å². The summed E-state index contributed by atoms with van der Waals surface area (Å²) in [6.07, 6.45) is 3.27. The third kappa shape index (κ3) is 3.52. The van der Waals surface area contributed by atoms with E-state index in [0.717, 1.165) is 25.7 Å². The first kappa shape index (κ1) is 19.9. The second-order valence-electron chi connectivity index (χ2n) is 6.51. The largest absolute Gasteiger partial charge is 0.493 e. The number of rotatable bonds is 4. The van der Waals surface area contributed by atoms with E-state index in [4.69, 9.17) is 21.4 Å². The highest BCUT2D eigenvalue weighted by Gasteiger charge is 2.17. The molecule has 5 aromatic rings. The molecule has 7 nitrogen and oxygen atoms in total. The van der Waals surface area contributed by atoms with Crippen LogP contribution in [0.1, 0.15) is 5.69 Å². The Hall–Kier alpha value is -3.08. The highest BCUT2D eigenvalue weighted by atomic mass is 32.2. The van der Waals surface area contributed by atoms with Crippen molar-refractivity contribution in [3.63, 3.8) is 0 Å². The van der Waals surface area contributed by atoms with Crippen LogP contribution in [0.15, 0.2) is 67.8 Å². The molecule has 1 aromatic carbocycles. The molecule has 10 heteroatoms. The minimum Gasteiger partial charge on any atom is -0.493 e. The SMILES string of the molecule is COc1ccnc2c(=O)n(-c3nc4ccc(Sc5cccnc5C)cc4s3)c(=S)oc12. The van der Waals surface area contributed by atoms with Crippen molar-refractivity contribution in [1.82, 2.24) is 19.5 Å². The van der Waals surface area contributed by atoms with Gasteiger partial charge in [-0.1, -0.05) is 23.1 Å². The third-order valence-corrected chi connectivity index (χ3v) is 7.00. The van der Waals surface area contributed by atoms with Crippen LogP contribution < -0.4 is 10.3 Å². The number of ether oxygens (including phenoxy) is 1. The van der Waals surface area contributed by atoms with Crippen LogP contribution in [0.5, 0.6) is 5.75 Å². The van der Waals surface area contributed by atoms with E-state index in [1.165, 1.54) is 29.2 Å². The first-order valence-electron chi connectivity index (χ1n) is 9.14. The lowest BCUT2D eigenvalue weighted by Crippen LogP contribution is -2.20. The van der Waals surface area contributed by atoms with Gasteiger partial charge in [0.25, 0.3) is 10.4 Å².